The summed E-state index contributed by atoms with van der Waals surface area (Å²) in [6.07, 6.45) is 2.67. The van der Waals surface area contributed by atoms with Gasteiger partial charge in [-0.15, -0.1) is 0 Å². The van der Waals surface area contributed by atoms with E-state index in [4.69, 9.17) is 0 Å². The zero-order chi connectivity index (χ0) is 11.5. The monoisotopic (exact) mass is 244 g/mol. The van der Waals surface area contributed by atoms with Crippen molar-refractivity contribution in [2.45, 2.75) is 25.0 Å². The molecule has 96 valence electrons. The molecule has 0 aromatic heterocycles. The molecule has 18 heavy (non-hydrogen) atoms. The number of hydrogen-bond donors (Lipinski definition) is 2. The molecule has 0 radical (unpaired) electrons. The van der Waals surface area contributed by atoms with E-state index in [1.807, 2.05) is 0 Å². The van der Waals surface area contributed by atoms with E-state index >= 15 is 0 Å². The van der Waals surface area contributed by atoms with Crippen LogP contribution in [0.5, 0.6) is 0 Å². The fourth-order valence-electron chi connectivity index (χ4n) is 9.73. The van der Waals surface area contributed by atoms with Crippen LogP contribution in [0.4, 0.5) is 0 Å². The Bertz CT molecular complexity index is 431. The molecule has 0 spiro atoms. The average molecular weight is 244 g/mol. The van der Waals surface area contributed by atoms with Gasteiger partial charge in [-0.1, -0.05) is 0 Å². The Morgan fingerprint density at radius 2 is 0.833 bits per heavy atom. The van der Waals surface area contributed by atoms with Crippen LogP contribution in [0.3, 0.4) is 0 Å². The summed E-state index contributed by atoms with van der Waals surface area (Å²) in [5, 5.41) is 21.6. The second kappa shape index (κ2) is 2.22. The predicted molar refractivity (Wildman–Crippen MR) is 63.1 cm³/mol. The zero-order valence-corrected chi connectivity index (χ0v) is 10.4. The van der Waals surface area contributed by atoms with Gasteiger partial charge in [0.15, 0.2) is 0 Å². The molecule has 0 aromatic rings. The van der Waals surface area contributed by atoms with Crippen LogP contribution in [0.1, 0.15) is 12.8 Å². The van der Waals surface area contributed by atoms with Gasteiger partial charge >= 0.3 is 0 Å². The van der Waals surface area contributed by atoms with Gasteiger partial charge in [0.05, 0.1) is 12.2 Å². The van der Waals surface area contributed by atoms with Crippen LogP contribution in [-0.2, 0) is 0 Å². The average Bonchev–Trinajstić information content (AvgIpc) is 2.98. The molecule has 0 aliphatic heterocycles. The van der Waals surface area contributed by atoms with E-state index in [1.54, 1.807) is 0 Å². The van der Waals surface area contributed by atoms with Crippen molar-refractivity contribution in [3.63, 3.8) is 0 Å². The summed E-state index contributed by atoms with van der Waals surface area (Å²) < 4.78 is 0. The van der Waals surface area contributed by atoms with Gasteiger partial charge in [0.2, 0.25) is 0 Å². The molecule has 0 saturated heterocycles. The fraction of sp³-hybridized carbons (Fsp3) is 1.00. The summed E-state index contributed by atoms with van der Waals surface area (Å²) in [6, 6.07) is 0. The van der Waals surface area contributed by atoms with E-state index in [-0.39, 0.29) is 12.2 Å². The van der Waals surface area contributed by atoms with Crippen molar-refractivity contribution in [2.24, 2.45) is 71.0 Å². The Morgan fingerprint density at radius 1 is 0.444 bits per heavy atom. The summed E-state index contributed by atoms with van der Waals surface area (Å²) in [5.41, 5.74) is 0. The minimum atomic E-state index is -0.0371. The van der Waals surface area contributed by atoms with Crippen LogP contribution in [0.25, 0.3) is 0 Å². The first-order valence-corrected chi connectivity index (χ1v) is 8.17. The van der Waals surface area contributed by atoms with Gasteiger partial charge in [0.1, 0.15) is 0 Å². The van der Waals surface area contributed by atoms with E-state index in [0.717, 1.165) is 47.3 Å². The van der Waals surface area contributed by atoms with Gasteiger partial charge < -0.3 is 10.2 Å². The third kappa shape index (κ3) is 0.541. The van der Waals surface area contributed by atoms with Crippen molar-refractivity contribution in [1.29, 1.82) is 0 Å². The van der Waals surface area contributed by atoms with Crippen molar-refractivity contribution >= 4 is 0 Å². The molecule has 7 aliphatic rings. The van der Waals surface area contributed by atoms with Crippen molar-refractivity contribution in [3.8, 4) is 0 Å². The minimum absolute atomic E-state index is 0.0371. The molecule has 0 aromatic carbocycles. The molecule has 0 bridgehead atoms. The van der Waals surface area contributed by atoms with E-state index in [9.17, 15) is 10.2 Å². The summed E-state index contributed by atoms with van der Waals surface area (Å²) >= 11 is 0. The molecule has 2 nitrogen and oxygen atoms in total. The zero-order valence-electron chi connectivity index (χ0n) is 10.4. The molecular weight excluding hydrogens is 224 g/mol. The molecule has 7 fully saturated rings. The highest BCUT2D eigenvalue weighted by molar-refractivity contribution is 5.33. The maximum Gasteiger partial charge on any atom is 0.0608 e. The second-order valence-corrected chi connectivity index (χ2v) is 8.66. The molecule has 14 atom stereocenters. The summed E-state index contributed by atoms with van der Waals surface area (Å²) in [7, 11) is 0. The molecule has 0 amide bonds. The van der Waals surface area contributed by atoms with Crippen molar-refractivity contribution in [3.05, 3.63) is 0 Å². The van der Waals surface area contributed by atoms with Crippen LogP contribution < -0.4 is 0 Å². The van der Waals surface area contributed by atoms with Gasteiger partial charge in [-0.2, -0.15) is 0 Å². The maximum atomic E-state index is 10.8. The third-order valence-corrected chi connectivity index (χ3v) is 9.28. The van der Waals surface area contributed by atoms with E-state index in [2.05, 4.69) is 0 Å². The Hall–Kier alpha value is -0.0800. The first-order chi connectivity index (χ1) is 8.80. The maximum absolute atomic E-state index is 10.8. The lowest BCUT2D eigenvalue weighted by Gasteiger charge is -2.47. The summed E-state index contributed by atoms with van der Waals surface area (Å²) in [5.74, 6) is 9.38. The SMILES string of the molecule is O[C@@H]1[C@H]2[C@H]3[C@H](O)[C@H]4[C@@H]5C6C7[C@H]4CC[C@@H]7[C@@H]1[C@@H]6[C@H]2[C@@H]53. The van der Waals surface area contributed by atoms with Crippen molar-refractivity contribution < 1.29 is 10.2 Å². The van der Waals surface area contributed by atoms with Crippen LogP contribution in [-0.4, -0.2) is 22.4 Å². The lowest BCUT2D eigenvalue weighted by atomic mass is 9.59. The van der Waals surface area contributed by atoms with Gasteiger partial charge in [-0.05, 0) is 83.9 Å². The number of hydrogen-bond acceptors (Lipinski definition) is 2. The molecule has 2 unspecified atom stereocenters. The predicted octanol–water partition coefficient (Wildman–Crippen LogP) is 0.978. The van der Waals surface area contributed by atoms with E-state index in [0.29, 0.717) is 23.7 Å². The molecule has 7 saturated carbocycles. The highest BCUT2D eigenvalue weighted by Crippen LogP contribution is 2.87. The normalized spacial score (nSPS) is 87.0. The fourth-order valence-corrected chi connectivity index (χ4v) is 9.73. The van der Waals surface area contributed by atoms with Crippen LogP contribution in [0, 0.1) is 71.0 Å². The largest absolute Gasteiger partial charge is 0.393 e. The number of aliphatic hydroxyl groups excluding tert-OH is 2. The molecule has 2 heteroatoms. The molecular formula is C16H20O2. The third-order valence-electron chi connectivity index (χ3n) is 9.28. The Balaban J connectivity index is 1.58. The van der Waals surface area contributed by atoms with E-state index < -0.39 is 0 Å². The Morgan fingerprint density at radius 3 is 1.33 bits per heavy atom. The van der Waals surface area contributed by atoms with Crippen LogP contribution in [0.2, 0.25) is 0 Å². The van der Waals surface area contributed by atoms with E-state index in [1.165, 1.54) is 12.8 Å². The van der Waals surface area contributed by atoms with Crippen LogP contribution in [0.15, 0.2) is 0 Å². The topological polar surface area (TPSA) is 40.5 Å². The first kappa shape index (κ1) is 8.97. The van der Waals surface area contributed by atoms with Gasteiger partial charge in [0, 0.05) is 0 Å². The molecule has 7 rings (SSSR count). The van der Waals surface area contributed by atoms with Crippen LogP contribution >= 0.6 is 0 Å². The molecule has 2 N–H and O–H groups in total. The van der Waals surface area contributed by atoms with Gasteiger partial charge in [0.25, 0.3) is 0 Å². The number of fused-ring (bicyclic) bond motifs is 3. The van der Waals surface area contributed by atoms with Crippen molar-refractivity contribution in [2.75, 3.05) is 0 Å². The Kier molecular flexibility index (Phi) is 1.11. The quantitative estimate of drug-likeness (QED) is 0.667. The lowest BCUT2D eigenvalue weighted by Crippen LogP contribution is -2.49. The Labute approximate surface area is 107 Å². The van der Waals surface area contributed by atoms with Gasteiger partial charge in [-0.25, -0.2) is 0 Å². The summed E-state index contributed by atoms with van der Waals surface area (Å²) in [6.45, 7) is 0. The lowest BCUT2D eigenvalue weighted by molar-refractivity contribution is -0.0896. The van der Waals surface area contributed by atoms with Gasteiger partial charge in [-0.3, -0.25) is 0 Å². The number of rotatable bonds is 0. The first-order valence-electron chi connectivity index (χ1n) is 8.17. The molecule has 0 heterocycles. The highest BCUT2D eigenvalue weighted by Gasteiger charge is 2.86. The van der Waals surface area contributed by atoms with Crippen molar-refractivity contribution in [1.82, 2.24) is 0 Å². The standard InChI is InChI=1S/C16H20O2/c17-15-6-3-1-2-4-5(3)8-9(6)11-12-10(8)7(4)16(18)14(12)13(11)15/h3-18H,1-2H2/t3-,4+,5?,6-,7-,8?,9-,10+,11-,12+,13+,14-,15-,16+/m1/s1. The minimum Gasteiger partial charge on any atom is -0.393 e. The summed E-state index contributed by atoms with van der Waals surface area (Å²) in [4.78, 5) is 0. The molecule has 7 aliphatic carbocycles. The second-order valence-electron chi connectivity index (χ2n) is 8.66. The smallest absolute Gasteiger partial charge is 0.0608 e. The highest BCUT2D eigenvalue weighted by atomic mass is 16.3. The number of aliphatic hydroxyl groups is 2.